The van der Waals surface area contributed by atoms with Gasteiger partial charge >= 0.3 is 6.18 Å². The van der Waals surface area contributed by atoms with Crippen LogP contribution in [0.15, 0.2) is 36.5 Å². The van der Waals surface area contributed by atoms with Gasteiger partial charge in [0.05, 0.1) is 6.61 Å². The molecular formula is C14H13ClF3N3O. The highest BCUT2D eigenvalue weighted by atomic mass is 35.5. The van der Waals surface area contributed by atoms with Crippen LogP contribution < -0.4 is 4.90 Å². The van der Waals surface area contributed by atoms with Gasteiger partial charge in [-0.15, -0.1) is 0 Å². The summed E-state index contributed by atoms with van der Waals surface area (Å²) >= 11 is 5.89. The van der Waals surface area contributed by atoms with Crippen LogP contribution in [-0.4, -0.2) is 28.2 Å². The van der Waals surface area contributed by atoms with E-state index in [2.05, 4.69) is 9.97 Å². The van der Waals surface area contributed by atoms with Crippen molar-refractivity contribution < 1.29 is 18.3 Å². The lowest BCUT2D eigenvalue weighted by Crippen LogP contribution is -2.28. The molecule has 118 valence electrons. The Kier molecular flexibility index (Phi) is 5.20. The molecule has 0 saturated carbocycles. The van der Waals surface area contributed by atoms with Crippen molar-refractivity contribution >= 4 is 17.5 Å². The maximum atomic E-state index is 12.7. The van der Waals surface area contributed by atoms with Gasteiger partial charge in [-0.2, -0.15) is 13.2 Å². The maximum absolute atomic E-state index is 12.7. The van der Waals surface area contributed by atoms with Gasteiger partial charge < -0.3 is 10.0 Å². The molecule has 2 aromatic rings. The molecule has 0 aliphatic carbocycles. The third-order valence-corrected chi connectivity index (χ3v) is 3.08. The number of alkyl halides is 3. The predicted octanol–water partition coefficient (Wildman–Crippen LogP) is 3.15. The smallest absolute Gasteiger partial charge is 0.395 e. The highest BCUT2D eigenvalue weighted by Gasteiger charge is 2.33. The molecule has 1 aromatic heterocycles. The Morgan fingerprint density at radius 3 is 2.64 bits per heavy atom. The molecule has 0 bridgehead atoms. The van der Waals surface area contributed by atoms with Crippen LogP contribution in [0.5, 0.6) is 0 Å². The number of aliphatic hydroxyl groups is 1. The van der Waals surface area contributed by atoms with Gasteiger partial charge in [-0.25, -0.2) is 9.97 Å². The molecule has 0 saturated heterocycles. The van der Waals surface area contributed by atoms with Crippen molar-refractivity contribution in [3.63, 3.8) is 0 Å². The number of halogens is 4. The first kappa shape index (κ1) is 16.5. The number of hydrogen-bond donors (Lipinski definition) is 1. The van der Waals surface area contributed by atoms with Crippen LogP contribution in [0.25, 0.3) is 0 Å². The Morgan fingerprint density at radius 2 is 2.00 bits per heavy atom. The van der Waals surface area contributed by atoms with Crippen molar-refractivity contribution in [3.05, 3.63) is 52.8 Å². The van der Waals surface area contributed by atoms with E-state index in [4.69, 9.17) is 16.7 Å². The Labute approximate surface area is 130 Å². The fourth-order valence-corrected chi connectivity index (χ4v) is 2.10. The van der Waals surface area contributed by atoms with Gasteiger partial charge in [0.25, 0.3) is 0 Å². The number of anilines is 1. The molecule has 1 N–H and O–H groups in total. The second-order valence-corrected chi connectivity index (χ2v) is 4.95. The quantitative estimate of drug-likeness (QED) is 0.914. The highest BCUT2D eigenvalue weighted by molar-refractivity contribution is 6.30. The molecule has 0 unspecified atom stereocenters. The van der Waals surface area contributed by atoms with Crippen molar-refractivity contribution in [2.24, 2.45) is 0 Å². The SMILES string of the molecule is OCCN(Cc1cccc(Cl)c1)c1nccc(C(F)(F)F)n1. The van der Waals surface area contributed by atoms with Crippen molar-refractivity contribution in [1.82, 2.24) is 9.97 Å². The zero-order valence-electron chi connectivity index (χ0n) is 11.4. The van der Waals surface area contributed by atoms with Crippen LogP contribution in [0.2, 0.25) is 5.02 Å². The fourth-order valence-electron chi connectivity index (χ4n) is 1.88. The van der Waals surface area contributed by atoms with Crippen LogP contribution in [0.4, 0.5) is 19.1 Å². The zero-order valence-corrected chi connectivity index (χ0v) is 12.1. The molecule has 0 atom stereocenters. The molecule has 22 heavy (non-hydrogen) atoms. The Balaban J connectivity index is 2.28. The summed E-state index contributed by atoms with van der Waals surface area (Å²) in [5.74, 6) is -0.0937. The van der Waals surface area contributed by atoms with Gasteiger partial charge in [0.15, 0.2) is 0 Å². The van der Waals surface area contributed by atoms with Gasteiger partial charge in [-0.1, -0.05) is 23.7 Å². The summed E-state index contributed by atoms with van der Waals surface area (Å²) in [6, 6.07) is 7.72. The summed E-state index contributed by atoms with van der Waals surface area (Å²) in [5.41, 5.74) is -0.242. The first-order valence-corrected chi connectivity index (χ1v) is 6.78. The van der Waals surface area contributed by atoms with Gasteiger partial charge in [0.1, 0.15) is 5.69 Å². The van der Waals surface area contributed by atoms with Gasteiger partial charge in [-0.05, 0) is 23.8 Å². The first-order chi connectivity index (χ1) is 10.4. The Bertz CT molecular complexity index is 637. The van der Waals surface area contributed by atoms with E-state index in [1.54, 1.807) is 24.3 Å². The second-order valence-electron chi connectivity index (χ2n) is 4.51. The number of benzene rings is 1. The summed E-state index contributed by atoms with van der Waals surface area (Å²) in [4.78, 5) is 8.85. The number of hydrogen-bond acceptors (Lipinski definition) is 4. The van der Waals surface area contributed by atoms with Crippen LogP contribution in [-0.2, 0) is 12.7 Å². The van der Waals surface area contributed by atoms with Crippen LogP contribution in [0.1, 0.15) is 11.3 Å². The van der Waals surface area contributed by atoms with E-state index in [0.717, 1.165) is 17.8 Å². The topological polar surface area (TPSA) is 49.2 Å². The maximum Gasteiger partial charge on any atom is 0.433 e. The van der Waals surface area contributed by atoms with E-state index in [-0.39, 0.29) is 25.6 Å². The number of rotatable bonds is 5. The molecule has 1 aromatic carbocycles. The standard InChI is InChI=1S/C14H13ClF3N3O/c15-11-3-1-2-10(8-11)9-21(6-7-22)13-19-5-4-12(20-13)14(16,17)18/h1-5,8,22H,6-7,9H2. The van der Waals surface area contributed by atoms with Gasteiger partial charge in [0.2, 0.25) is 5.95 Å². The lowest BCUT2D eigenvalue weighted by atomic mass is 10.2. The van der Waals surface area contributed by atoms with Crippen LogP contribution in [0, 0.1) is 0 Å². The van der Waals surface area contributed by atoms with Crippen molar-refractivity contribution in [1.29, 1.82) is 0 Å². The predicted molar refractivity (Wildman–Crippen MR) is 76.6 cm³/mol. The van der Waals surface area contributed by atoms with Crippen LogP contribution >= 0.6 is 11.6 Å². The molecule has 0 fully saturated rings. The second kappa shape index (κ2) is 6.93. The number of aromatic nitrogens is 2. The minimum Gasteiger partial charge on any atom is -0.395 e. The molecule has 0 aliphatic heterocycles. The Hall–Kier alpha value is -1.86. The number of aliphatic hydroxyl groups excluding tert-OH is 1. The summed E-state index contributed by atoms with van der Waals surface area (Å²) in [6.45, 7) is 0.108. The lowest BCUT2D eigenvalue weighted by Gasteiger charge is -2.22. The van der Waals surface area contributed by atoms with Gasteiger partial charge in [0, 0.05) is 24.3 Å². The third kappa shape index (κ3) is 4.32. The van der Waals surface area contributed by atoms with Crippen molar-refractivity contribution in [3.8, 4) is 0 Å². The van der Waals surface area contributed by atoms with E-state index in [0.29, 0.717) is 5.02 Å². The fraction of sp³-hybridized carbons (Fsp3) is 0.286. The summed E-state index contributed by atoms with van der Waals surface area (Å²) in [7, 11) is 0. The van der Waals surface area contributed by atoms with Gasteiger partial charge in [-0.3, -0.25) is 0 Å². The van der Waals surface area contributed by atoms with Crippen LogP contribution in [0.3, 0.4) is 0 Å². The van der Waals surface area contributed by atoms with E-state index in [9.17, 15) is 13.2 Å². The van der Waals surface area contributed by atoms with Crippen molar-refractivity contribution in [2.75, 3.05) is 18.1 Å². The average Bonchev–Trinajstić information content (AvgIpc) is 2.46. The average molecular weight is 332 g/mol. The summed E-state index contributed by atoms with van der Waals surface area (Å²) in [6.07, 6.45) is -3.49. The third-order valence-electron chi connectivity index (χ3n) is 2.85. The normalized spacial score (nSPS) is 11.5. The summed E-state index contributed by atoms with van der Waals surface area (Å²) in [5, 5.41) is 9.63. The van der Waals surface area contributed by atoms with E-state index >= 15 is 0 Å². The molecule has 2 rings (SSSR count). The number of nitrogens with zero attached hydrogens (tertiary/aromatic N) is 3. The highest BCUT2D eigenvalue weighted by Crippen LogP contribution is 2.28. The summed E-state index contributed by atoms with van der Waals surface area (Å²) < 4.78 is 38.2. The van der Waals surface area contributed by atoms with E-state index in [1.807, 2.05) is 0 Å². The molecular weight excluding hydrogens is 319 g/mol. The van der Waals surface area contributed by atoms with E-state index in [1.165, 1.54) is 4.90 Å². The first-order valence-electron chi connectivity index (χ1n) is 6.40. The monoisotopic (exact) mass is 331 g/mol. The molecule has 0 aliphatic rings. The minimum absolute atomic E-state index is 0.0937. The molecule has 0 amide bonds. The Morgan fingerprint density at radius 1 is 1.23 bits per heavy atom. The molecule has 4 nitrogen and oxygen atoms in total. The lowest BCUT2D eigenvalue weighted by molar-refractivity contribution is -0.141. The molecule has 8 heteroatoms. The minimum atomic E-state index is -4.54. The molecule has 0 spiro atoms. The molecule has 0 radical (unpaired) electrons. The van der Waals surface area contributed by atoms with E-state index < -0.39 is 11.9 Å². The zero-order chi connectivity index (χ0) is 16.2. The largest absolute Gasteiger partial charge is 0.433 e. The molecule has 1 heterocycles. The van der Waals surface area contributed by atoms with Crippen molar-refractivity contribution in [2.45, 2.75) is 12.7 Å².